The highest BCUT2D eigenvalue weighted by atomic mass is 32.2. The zero-order valence-electron chi connectivity index (χ0n) is 16.2. The topological polar surface area (TPSA) is 98.9 Å². The summed E-state index contributed by atoms with van der Waals surface area (Å²) in [6.45, 7) is 1.99. The van der Waals surface area contributed by atoms with Gasteiger partial charge in [-0.2, -0.15) is 0 Å². The molecule has 5 rings (SSSR count). The molecule has 148 valence electrons. The Labute approximate surface area is 175 Å². The van der Waals surface area contributed by atoms with Crippen LogP contribution in [0.5, 0.6) is 11.5 Å². The molecule has 0 unspecified atom stereocenters. The Bertz CT molecular complexity index is 1370. The summed E-state index contributed by atoms with van der Waals surface area (Å²) in [7, 11) is 0. The molecule has 0 fully saturated rings. The van der Waals surface area contributed by atoms with Crippen molar-refractivity contribution in [2.75, 3.05) is 11.6 Å². The van der Waals surface area contributed by atoms with Crippen LogP contribution < -0.4 is 10.1 Å². The lowest BCUT2D eigenvalue weighted by Crippen LogP contribution is -1.99. The third-order valence-electron chi connectivity index (χ3n) is 4.54. The minimum atomic E-state index is 0.627. The molecule has 8 nitrogen and oxygen atoms in total. The zero-order valence-corrected chi connectivity index (χ0v) is 17.0. The molecule has 0 saturated heterocycles. The first-order valence-electron chi connectivity index (χ1n) is 9.11. The van der Waals surface area contributed by atoms with Gasteiger partial charge in [-0.15, -0.1) is 0 Å². The van der Waals surface area contributed by atoms with Crippen LogP contribution in [-0.4, -0.2) is 31.3 Å². The number of ether oxygens (including phenoxy) is 1. The van der Waals surface area contributed by atoms with Crippen LogP contribution in [0, 0.1) is 6.92 Å². The predicted molar refractivity (Wildman–Crippen MR) is 115 cm³/mol. The van der Waals surface area contributed by atoms with Crippen LogP contribution in [0.1, 0.15) is 5.56 Å². The molecule has 5 aromatic rings. The van der Waals surface area contributed by atoms with E-state index in [1.54, 1.807) is 12.5 Å². The Morgan fingerprint density at radius 3 is 2.83 bits per heavy atom. The molecule has 30 heavy (non-hydrogen) atoms. The normalized spacial score (nSPS) is 11.1. The fourth-order valence-electron chi connectivity index (χ4n) is 3.04. The van der Waals surface area contributed by atoms with Crippen molar-refractivity contribution < 1.29 is 9.26 Å². The maximum Gasteiger partial charge on any atom is 0.188 e. The van der Waals surface area contributed by atoms with Gasteiger partial charge in [0.15, 0.2) is 11.0 Å². The first kappa shape index (κ1) is 18.3. The van der Waals surface area contributed by atoms with Crippen LogP contribution in [0.15, 0.2) is 64.9 Å². The van der Waals surface area contributed by atoms with Crippen LogP contribution in [-0.2, 0) is 0 Å². The second-order valence-corrected chi connectivity index (χ2v) is 7.33. The molecule has 0 radical (unpaired) electrons. The Hall–Kier alpha value is -3.72. The van der Waals surface area contributed by atoms with Gasteiger partial charge in [0, 0.05) is 17.1 Å². The Morgan fingerprint density at radius 1 is 1.03 bits per heavy atom. The molecule has 0 atom stereocenters. The van der Waals surface area contributed by atoms with Gasteiger partial charge in [0.05, 0.1) is 6.20 Å². The number of thioether (sulfide) groups is 1. The summed E-state index contributed by atoms with van der Waals surface area (Å²) in [5.41, 5.74) is 3.96. The predicted octanol–water partition coefficient (Wildman–Crippen LogP) is 5.13. The smallest absolute Gasteiger partial charge is 0.188 e. The third kappa shape index (κ3) is 3.50. The largest absolute Gasteiger partial charge is 0.457 e. The van der Waals surface area contributed by atoms with Gasteiger partial charge in [-0.25, -0.2) is 19.9 Å². The Kier molecular flexibility index (Phi) is 4.64. The first-order valence-corrected chi connectivity index (χ1v) is 10.3. The lowest BCUT2D eigenvalue weighted by Gasteiger charge is -2.12. The van der Waals surface area contributed by atoms with Gasteiger partial charge in [-0.3, -0.25) is 0 Å². The molecule has 3 aromatic heterocycles. The number of hydrogen-bond donors (Lipinski definition) is 1. The average Bonchev–Trinajstić information content (AvgIpc) is 3.23. The van der Waals surface area contributed by atoms with Crippen LogP contribution in [0.3, 0.4) is 0 Å². The number of benzene rings is 2. The van der Waals surface area contributed by atoms with E-state index in [1.807, 2.05) is 49.6 Å². The van der Waals surface area contributed by atoms with Crippen molar-refractivity contribution in [3.05, 3.63) is 60.7 Å². The fraction of sp³-hybridized carbons (Fsp3) is 0.0952. The Balaban J connectivity index is 1.41. The average molecular weight is 416 g/mol. The van der Waals surface area contributed by atoms with Gasteiger partial charge >= 0.3 is 0 Å². The highest BCUT2D eigenvalue weighted by molar-refractivity contribution is 7.98. The molecular weight excluding hydrogens is 400 g/mol. The standard InChI is InChI=1S/C21H16N6O2S/c1-12-7-14(25-20-19-17(23-11-24-20)9-22-21(26-19)30-2)4-6-18(12)29-15-5-3-13-10-28-27-16(13)8-15/h3-11H,1-2H3,(H,23,24,25). The van der Waals surface area contributed by atoms with Crippen LogP contribution >= 0.6 is 11.8 Å². The maximum absolute atomic E-state index is 6.03. The molecule has 0 aliphatic heterocycles. The molecule has 9 heteroatoms. The van der Waals surface area contributed by atoms with E-state index in [2.05, 4.69) is 30.4 Å². The summed E-state index contributed by atoms with van der Waals surface area (Å²) in [6.07, 6.45) is 6.74. The summed E-state index contributed by atoms with van der Waals surface area (Å²) in [4.78, 5) is 17.4. The van der Waals surface area contributed by atoms with Crippen molar-refractivity contribution in [3.8, 4) is 11.5 Å². The van der Waals surface area contributed by atoms with Crippen molar-refractivity contribution in [1.82, 2.24) is 25.1 Å². The minimum Gasteiger partial charge on any atom is -0.457 e. The maximum atomic E-state index is 6.03. The number of aryl methyl sites for hydroxylation is 1. The fourth-order valence-corrected chi connectivity index (χ4v) is 3.38. The second kappa shape index (κ2) is 7.60. The lowest BCUT2D eigenvalue weighted by atomic mass is 10.2. The third-order valence-corrected chi connectivity index (χ3v) is 5.10. The van der Waals surface area contributed by atoms with Crippen molar-refractivity contribution in [1.29, 1.82) is 0 Å². The number of fused-ring (bicyclic) bond motifs is 2. The van der Waals surface area contributed by atoms with Gasteiger partial charge in [0.1, 0.15) is 40.6 Å². The van der Waals surface area contributed by atoms with E-state index in [0.29, 0.717) is 27.8 Å². The number of aromatic nitrogens is 5. The molecule has 0 aliphatic carbocycles. The van der Waals surface area contributed by atoms with E-state index in [4.69, 9.17) is 9.26 Å². The number of anilines is 2. The summed E-state index contributed by atoms with van der Waals surface area (Å²) in [6, 6.07) is 11.5. The highest BCUT2D eigenvalue weighted by Gasteiger charge is 2.10. The molecule has 0 bridgehead atoms. The number of rotatable bonds is 5. The van der Waals surface area contributed by atoms with Gasteiger partial charge in [-0.1, -0.05) is 16.9 Å². The summed E-state index contributed by atoms with van der Waals surface area (Å²) in [5.74, 6) is 2.08. The Morgan fingerprint density at radius 2 is 1.97 bits per heavy atom. The van der Waals surface area contributed by atoms with Gasteiger partial charge in [0.2, 0.25) is 0 Å². The number of hydrogen-bond acceptors (Lipinski definition) is 9. The van der Waals surface area contributed by atoms with Crippen molar-refractivity contribution in [2.24, 2.45) is 0 Å². The minimum absolute atomic E-state index is 0.627. The molecule has 3 heterocycles. The molecule has 1 N–H and O–H groups in total. The van der Waals surface area contributed by atoms with Crippen LogP contribution in [0.2, 0.25) is 0 Å². The molecule has 0 spiro atoms. The summed E-state index contributed by atoms with van der Waals surface area (Å²) in [5, 5.41) is 8.88. The van der Waals surface area contributed by atoms with E-state index in [0.717, 1.165) is 27.9 Å². The molecule has 0 aliphatic rings. The van der Waals surface area contributed by atoms with Gasteiger partial charge in [-0.05, 0) is 49.1 Å². The SMILES string of the molecule is CSc1ncc2ncnc(Nc3ccc(Oc4ccc5conc5c4)c(C)c3)c2n1. The molecule has 2 aromatic carbocycles. The zero-order chi connectivity index (χ0) is 20.5. The summed E-state index contributed by atoms with van der Waals surface area (Å²) < 4.78 is 11.0. The van der Waals surface area contributed by atoms with Crippen molar-refractivity contribution in [2.45, 2.75) is 12.1 Å². The van der Waals surface area contributed by atoms with Crippen LogP contribution in [0.4, 0.5) is 11.5 Å². The van der Waals surface area contributed by atoms with E-state index in [9.17, 15) is 0 Å². The molecule has 0 saturated carbocycles. The van der Waals surface area contributed by atoms with E-state index >= 15 is 0 Å². The van der Waals surface area contributed by atoms with E-state index in [-0.39, 0.29) is 0 Å². The molecule has 0 amide bonds. The second-order valence-electron chi connectivity index (χ2n) is 6.56. The van der Waals surface area contributed by atoms with Gasteiger partial charge < -0.3 is 14.6 Å². The first-order chi connectivity index (χ1) is 14.7. The lowest BCUT2D eigenvalue weighted by molar-refractivity contribution is 0.427. The monoisotopic (exact) mass is 416 g/mol. The van der Waals surface area contributed by atoms with E-state index < -0.39 is 0 Å². The van der Waals surface area contributed by atoms with Crippen LogP contribution in [0.25, 0.3) is 21.9 Å². The summed E-state index contributed by atoms with van der Waals surface area (Å²) >= 11 is 1.47. The highest BCUT2D eigenvalue weighted by Crippen LogP contribution is 2.30. The number of nitrogens with one attached hydrogen (secondary N) is 1. The van der Waals surface area contributed by atoms with Crippen molar-refractivity contribution in [3.63, 3.8) is 0 Å². The van der Waals surface area contributed by atoms with E-state index in [1.165, 1.54) is 18.1 Å². The molecular formula is C21H16N6O2S. The quantitative estimate of drug-likeness (QED) is 0.309. The number of nitrogens with zero attached hydrogens (tertiary/aromatic N) is 5. The van der Waals surface area contributed by atoms with Gasteiger partial charge in [0.25, 0.3) is 0 Å². The van der Waals surface area contributed by atoms with Crippen molar-refractivity contribution >= 4 is 45.2 Å².